The molecule has 0 saturated heterocycles. The number of hydrogen-bond donors (Lipinski definition) is 1. The Balaban J connectivity index is 1.88. The molecule has 6 heteroatoms. The minimum Gasteiger partial charge on any atom is -0.491 e. The topological polar surface area (TPSA) is 84.0 Å². The molecule has 0 radical (unpaired) electrons. The maximum absolute atomic E-state index is 9.89. The summed E-state index contributed by atoms with van der Waals surface area (Å²) in [6, 6.07) is 7.73. The van der Waals surface area contributed by atoms with Gasteiger partial charge in [0.25, 0.3) is 5.82 Å². The molecule has 0 bridgehead atoms. The molecule has 2 aromatic rings. The Morgan fingerprint density at radius 1 is 1.35 bits per heavy atom. The van der Waals surface area contributed by atoms with Gasteiger partial charge in [-0.1, -0.05) is 6.07 Å². The highest BCUT2D eigenvalue weighted by atomic mass is 16.5. The van der Waals surface area contributed by atoms with Gasteiger partial charge in [0.15, 0.2) is 0 Å². The van der Waals surface area contributed by atoms with Gasteiger partial charge in [-0.2, -0.15) is 5.26 Å². The second kappa shape index (κ2) is 6.17. The predicted molar refractivity (Wildman–Crippen MR) is 72.2 cm³/mol. The van der Waals surface area contributed by atoms with E-state index < -0.39 is 6.10 Å². The molecule has 0 aliphatic carbocycles. The minimum absolute atomic E-state index is 0.0902. The van der Waals surface area contributed by atoms with E-state index in [-0.39, 0.29) is 19.0 Å². The zero-order valence-electron chi connectivity index (χ0n) is 11.4. The van der Waals surface area contributed by atoms with E-state index in [1.807, 2.05) is 32.0 Å². The van der Waals surface area contributed by atoms with E-state index in [0.29, 0.717) is 0 Å². The highest BCUT2D eigenvalue weighted by molar-refractivity contribution is 5.32. The van der Waals surface area contributed by atoms with Crippen molar-refractivity contribution in [1.29, 1.82) is 5.26 Å². The number of ether oxygens (including phenoxy) is 1. The zero-order chi connectivity index (χ0) is 14.5. The fourth-order valence-corrected chi connectivity index (χ4v) is 1.91. The van der Waals surface area contributed by atoms with Crippen LogP contribution in [0.15, 0.2) is 24.5 Å². The number of nitrogens with zero attached hydrogens (tertiary/aromatic N) is 4. The highest BCUT2D eigenvalue weighted by Gasteiger charge is 2.09. The van der Waals surface area contributed by atoms with E-state index >= 15 is 0 Å². The third-order valence-electron chi connectivity index (χ3n) is 2.67. The van der Waals surface area contributed by atoms with Gasteiger partial charge in [-0.3, -0.25) is 0 Å². The lowest BCUT2D eigenvalue weighted by Gasteiger charge is -2.13. The first-order valence-electron chi connectivity index (χ1n) is 6.25. The summed E-state index contributed by atoms with van der Waals surface area (Å²) in [6.45, 7) is 4.38. The Morgan fingerprint density at radius 3 is 2.65 bits per heavy atom. The first kappa shape index (κ1) is 14.0. The molecule has 1 N–H and O–H groups in total. The largest absolute Gasteiger partial charge is 0.491 e. The molecule has 0 aliphatic heterocycles. The maximum Gasteiger partial charge on any atom is 0.252 e. The van der Waals surface area contributed by atoms with Crippen molar-refractivity contribution in [2.45, 2.75) is 26.5 Å². The summed E-state index contributed by atoms with van der Waals surface area (Å²) in [5.41, 5.74) is 2.23. The Morgan fingerprint density at radius 2 is 2.05 bits per heavy atom. The van der Waals surface area contributed by atoms with Gasteiger partial charge < -0.3 is 9.84 Å². The molecule has 0 saturated carbocycles. The molecule has 0 aliphatic rings. The lowest BCUT2D eigenvalue weighted by molar-refractivity contribution is 0.0891. The average Bonchev–Trinajstić information content (AvgIpc) is 2.83. The van der Waals surface area contributed by atoms with Crippen molar-refractivity contribution in [1.82, 2.24) is 14.8 Å². The first-order valence-corrected chi connectivity index (χ1v) is 6.25. The molecule has 1 aromatic heterocycles. The Kier molecular flexibility index (Phi) is 4.33. The molecule has 104 valence electrons. The van der Waals surface area contributed by atoms with E-state index in [0.717, 1.165) is 16.9 Å². The van der Waals surface area contributed by atoms with Gasteiger partial charge in [-0.15, -0.1) is 5.10 Å². The molecule has 0 unspecified atom stereocenters. The van der Waals surface area contributed by atoms with Gasteiger partial charge in [-0.05, 0) is 37.1 Å². The Hall–Kier alpha value is -2.39. The minimum atomic E-state index is -0.718. The van der Waals surface area contributed by atoms with E-state index in [9.17, 15) is 5.11 Å². The van der Waals surface area contributed by atoms with Crippen LogP contribution in [0.1, 0.15) is 17.0 Å². The molecule has 1 heterocycles. The summed E-state index contributed by atoms with van der Waals surface area (Å²) in [5, 5.41) is 22.4. The second-order valence-corrected chi connectivity index (χ2v) is 4.69. The van der Waals surface area contributed by atoms with Gasteiger partial charge in [-0.25, -0.2) is 9.67 Å². The van der Waals surface area contributed by atoms with E-state index in [1.54, 1.807) is 0 Å². The number of hydrogen-bond acceptors (Lipinski definition) is 5. The van der Waals surface area contributed by atoms with Crippen molar-refractivity contribution in [3.8, 4) is 11.8 Å². The lowest BCUT2D eigenvalue weighted by atomic mass is 10.1. The maximum atomic E-state index is 9.89. The highest BCUT2D eigenvalue weighted by Crippen LogP contribution is 2.16. The molecule has 0 spiro atoms. The molecule has 0 amide bonds. The summed E-state index contributed by atoms with van der Waals surface area (Å²) in [4.78, 5) is 3.77. The monoisotopic (exact) mass is 272 g/mol. The Bertz CT molecular complexity index is 610. The van der Waals surface area contributed by atoms with Crippen LogP contribution in [-0.4, -0.2) is 32.6 Å². The van der Waals surface area contributed by atoms with Crippen LogP contribution in [0.5, 0.6) is 5.75 Å². The summed E-state index contributed by atoms with van der Waals surface area (Å²) >= 11 is 0. The quantitative estimate of drug-likeness (QED) is 0.884. The molecule has 1 aromatic carbocycles. The van der Waals surface area contributed by atoms with Gasteiger partial charge in [0.1, 0.15) is 30.9 Å². The van der Waals surface area contributed by atoms with Crippen molar-refractivity contribution >= 4 is 0 Å². The van der Waals surface area contributed by atoms with E-state index in [4.69, 9.17) is 10.00 Å². The normalized spacial score (nSPS) is 11.9. The molecule has 0 fully saturated rings. The molecular formula is C14H16N4O2. The van der Waals surface area contributed by atoms with Crippen LogP contribution < -0.4 is 4.74 Å². The van der Waals surface area contributed by atoms with Crippen molar-refractivity contribution in [2.75, 3.05) is 6.61 Å². The van der Waals surface area contributed by atoms with Crippen LogP contribution in [0.4, 0.5) is 0 Å². The van der Waals surface area contributed by atoms with Gasteiger partial charge in [0, 0.05) is 0 Å². The number of aromatic nitrogens is 3. The van der Waals surface area contributed by atoms with Crippen molar-refractivity contribution in [2.24, 2.45) is 0 Å². The van der Waals surface area contributed by atoms with Crippen molar-refractivity contribution < 1.29 is 9.84 Å². The first-order chi connectivity index (χ1) is 9.56. The van der Waals surface area contributed by atoms with E-state index in [2.05, 4.69) is 16.1 Å². The molecule has 2 rings (SSSR count). The SMILES string of the molecule is Cc1cc(C)cc(OC[C@H](O)Cn2cnc(C#N)n2)c1. The zero-order valence-corrected chi connectivity index (χ0v) is 11.4. The predicted octanol–water partition coefficient (Wildman–Crippen LogP) is 1.21. The van der Waals surface area contributed by atoms with Gasteiger partial charge >= 0.3 is 0 Å². The summed E-state index contributed by atoms with van der Waals surface area (Å²) in [6.07, 6.45) is 0.697. The second-order valence-electron chi connectivity index (χ2n) is 4.69. The van der Waals surface area contributed by atoms with E-state index in [1.165, 1.54) is 11.0 Å². The standard InChI is InChI=1S/C14H16N4O2/c1-10-3-11(2)5-13(4-10)20-8-12(19)7-18-9-16-14(6-15)17-18/h3-5,9,12,19H,7-8H2,1-2H3/t12-/m1/s1. The van der Waals surface area contributed by atoms with Gasteiger partial charge in [0.05, 0.1) is 6.54 Å². The van der Waals surface area contributed by atoms with Crippen LogP contribution in [0.2, 0.25) is 0 Å². The molecule has 20 heavy (non-hydrogen) atoms. The number of aliphatic hydroxyl groups is 1. The fourth-order valence-electron chi connectivity index (χ4n) is 1.91. The molecular weight excluding hydrogens is 256 g/mol. The average molecular weight is 272 g/mol. The number of benzene rings is 1. The van der Waals surface area contributed by atoms with Crippen LogP contribution in [0.3, 0.4) is 0 Å². The van der Waals surface area contributed by atoms with Crippen LogP contribution in [-0.2, 0) is 6.54 Å². The third-order valence-corrected chi connectivity index (χ3v) is 2.67. The Labute approximate surface area is 117 Å². The molecule has 6 nitrogen and oxygen atoms in total. The lowest BCUT2D eigenvalue weighted by Crippen LogP contribution is -2.24. The third kappa shape index (κ3) is 3.80. The van der Waals surface area contributed by atoms with Crippen LogP contribution >= 0.6 is 0 Å². The van der Waals surface area contributed by atoms with Crippen LogP contribution in [0.25, 0.3) is 0 Å². The fraction of sp³-hybridized carbons (Fsp3) is 0.357. The number of aryl methyl sites for hydroxylation is 2. The van der Waals surface area contributed by atoms with Crippen molar-refractivity contribution in [3.05, 3.63) is 41.5 Å². The smallest absolute Gasteiger partial charge is 0.252 e. The van der Waals surface area contributed by atoms with Crippen molar-refractivity contribution in [3.63, 3.8) is 0 Å². The summed E-state index contributed by atoms with van der Waals surface area (Å²) < 4.78 is 6.98. The summed E-state index contributed by atoms with van der Waals surface area (Å²) in [7, 11) is 0. The van der Waals surface area contributed by atoms with Gasteiger partial charge in [0.2, 0.25) is 0 Å². The van der Waals surface area contributed by atoms with Crippen LogP contribution in [0, 0.1) is 25.2 Å². The summed E-state index contributed by atoms with van der Waals surface area (Å²) in [5.74, 6) is 0.824. The molecule has 1 atom stereocenters. The number of aliphatic hydroxyl groups excluding tert-OH is 1. The number of nitriles is 1. The number of rotatable bonds is 5.